The van der Waals surface area contributed by atoms with Crippen LogP contribution in [0, 0.1) is 0 Å². The van der Waals surface area contributed by atoms with E-state index in [1.165, 1.54) is 0 Å². The maximum atomic E-state index is 12.3. The Kier molecular flexibility index (Phi) is 8.67. The van der Waals surface area contributed by atoms with Gasteiger partial charge in [0, 0.05) is 5.56 Å². The van der Waals surface area contributed by atoms with Gasteiger partial charge in [0.25, 0.3) is 5.91 Å². The van der Waals surface area contributed by atoms with Crippen molar-refractivity contribution < 1.29 is 14.3 Å². The molecule has 0 radical (unpaired) electrons. The van der Waals surface area contributed by atoms with Crippen LogP contribution >= 0.6 is 31.9 Å². The first-order valence-corrected chi connectivity index (χ1v) is 11.4. The van der Waals surface area contributed by atoms with Crippen LogP contribution in [0.25, 0.3) is 0 Å². The molecular formula is C24H22Br2N2O3. The standard InChI is InChI=1S/C24H22Br2N2O3/c1-2-12-30-20-10-8-19(9-11-20)24(29)28-27-15-18-13-21(25)23(22(26)14-18)31-16-17-6-4-3-5-7-17/h3-11,13-15H,2,12,16H2,1H3,(H,28,29)/b27-15-. The first-order chi connectivity index (χ1) is 15.1. The lowest BCUT2D eigenvalue weighted by Crippen LogP contribution is -2.17. The molecule has 0 spiro atoms. The predicted molar refractivity (Wildman–Crippen MR) is 130 cm³/mol. The van der Waals surface area contributed by atoms with Crippen molar-refractivity contribution in [2.45, 2.75) is 20.0 Å². The number of nitrogens with zero attached hydrogens (tertiary/aromatic N) is 1. The summed E-state index contributed by atoms with van der Waals surface area (Å²) in [7, 11) is 0. The number of carbonyl (C=O) groups excluding carboxylic acids is 1. The minimum atomic E-state index is -0.292. The minimum absolute atomic E-state index is 0.292. The van der Waals surface area contributed by atoms with Crippen molar-refractivity contribution in [1.29, 1.82) is 0 Å². The molecule has 7 heteroatoms. The number of rotatable bonds is 9. The SMILES string of the molecule is CCCOc1ccc(C(=O)N/N=C\c2cc(Br)c(OCc3ccccc3)c(Br)c2)cc1. The van der Waals surface area contributed by atoms with Gasteiger partial charge in [-0.05, 0) is 85.8 Å². The second-order valence-corrected chi connectivity index (χ2v) is 8.37. The van der Waals surface area contributed by atoms with E-state index in [9.17, 15) is 4.79 Å². The van der Waals surface area contributed by atoms with Crippen LogP contribution < -0.4 is 14.9 Å². The van der Waals surface area contributed by atoms with Crippen molar-refractivity contribution in [3.63, 3.8) is 0 Å². The number of hydrogen-bond donors (Lipinski definition) is 1. The molecule has 0 saturated carbocycles. The zero-order chi connectivity index (χ0) is 22.1. The average Bonchev–Trinajstić information content (AvgIpc) is 2.78. The molecule has 0 aromatic heterocycles. The smallest absolute Gasteiger partial charge is 0.271 e. The van der Waals surface area contributed by atoms with Crippen molar-refractivity contribution in [2.75, 3.05) is 6.61 Å². The maximum absolute atomic E-state index is 12.3. The van der Waals surface area contributed by atoms with E-state index >= 15 is 0 Å². The Morgan fingerprint density at radius 3 is 2.32 bits per heavy atom. The maximum Gasteiger partial charge on any atom is 0.271 e. The van der Waals surface area contributed by atoms with Gasteiger partial charge in [-0.2, -0.15) is 5.10 Å². The van der Waals surface area contributed by atoms with Crippen LogP contribution in [0.3, 0.4) is 0 Å². The molecule has 0 aliphatic heterocycles. The van der Waals surface area contributed by atoms with Crippen LogP contribution in [0.4, 0.5) is 0 Å². The molecule has 0 aliphatic carbocycles. The molecule has 0 saturated heterocycles. The summed E-state index contributed by atoms with van der Waals surface area (Å²) in [5, 5.41) is 4.06. The van der Waals surface area contributed by atoms with Crippen molar-refractivity contribution >= 4 is 44.0 Å². The van der Waals surface area contributed by atoms with E-state index in [2.05, 4.69) is 42.4 Å². The number of halogens is 2. The van der Waals surface area contributed by atoms with Gasteiger partial charge in [-0.3, -0.25) is 4.79 Å². The van der Waals surface area contributed by atoms with Gasteiger partial charge in [0.2, 0.25) is 0 Å². The second kappa shape index (κ2) is 11.7. The van der Waals surface area contributed by atoms with Gasteiger partial charge in [0.1, 0.15) is 18.1 Å². The summed E-state index contributed by atoms with van der Waals surface area (Å²) in [6, 6.07) is 20.7. The lowest BCUT2D eigenvalue weighted by atomic mass is 10.2. The number of hydrogen-bond acceptors (Lipinski definition) is 4. The summed E-state index contributed by atoms with van der Waals surface area (Å²) < 4.78 is 13.0. The predicted octanol–water partition coefficient (Wildman–Crippen LogP) is 6.34. The zero-order valence-corrected chi connectivity index (χ0v) is 20.1. The molecule has 0 atom stereocenters. The molecule has 0 fully saturated rings. The van der Waals surface area contributed by atoms with Crippen LogP contribution in [0.5, 0.6) is 11.5 Å². The van der Waals surface area contributed by atoms with Crippen molar-refractivity contribution in [2.24, 2.45) is 5.10 Å². The minimum Gasteiger partial charge on any atom is -0.494 e. The third-order valence-electron chi connectivity index (χ3n) is 4.22. The highest BCUT2D eigenvalue weighted by Gasteiger charge is 2.09. The number of amides is 1. The summed E-state index contributed by atoms with van der Waals surface area (Å²) in [6.07, 6.45) is 2.51. The topological polar surface area (TPSA) is 59.9 Å². The van der Waals surface area contributed by atoms with Gasteiger partial charge < -0.3 is 9.47 Å². The Hall–Kier alpha value is -2.64. The molecular weight excluding hydrogens is 524 g/mol. The fourth-order valence-corrected chi connectivity index (χ4v) is 4.12. The highest BCUT2D eigenvalue weighted by Crippen LogP contribution is 2.35. The van der Waals surface area contributed by atoms with Crippen LogP contribution in [0.15, 0.2) is 80.8 Å². The van der Waals surface area contributed by atoms with E-state index in [1.807, 2.05) is 49.4 Å². The Morgan fingerprint density at radius 1 is 1.00 bits per heavy atom. The fraction of sp³-hybridized carbons (Fsp3) is 0.167. The van der Waals surface area contributed by atoms with Gasteiger partial charge in [-0.25, -0.2) is 5.43 Å². The van der Waals surface area contributed by atoms with Crippen LogP contribution in [-0.2, 0) is 6.61 Å². The third kappa shape index (κ3) is 6.94. The zero-order valence-electron chi connectivity index (χ0n) is 17.0. The Balaban J connectivity index is 1.58. The summed E-state index contributed by atoms with van der Waals surface area (Å²) >= 11 is 7.08. The number of hydrazone groups is 1. The van der Waals surface area contributed by atoms with Crippen LogP contribution in [0.1, 0.15) is 34.8 Å². The fourth-order valence-electron chi connectivity index (χ4n) is 2.67. The number of ether oxygens (including phenoxy) is 2. The van der Waals surface area contributed by atoms with E-state index < -0.39 is 0 Å². The van der Waals surface area contributed by atoms with E-state index in [1.54, 1.807) is 30.5 Å². The van der Waals surface area contributed by atoms with E-state index in [4.69, 9.17) is 9.47 Å². The van der Waals surface area contributed by atoms with Crippen molar-refractivity contribution in [1.82, 2.24) is 5.43 Å². The van der Waals surface area contributed by atoms with E-state index in [0.717, 1.165) is 32.2 Å². The molecule has 160 valence electrons. The van der Waals surface area contributed by atoms with Crippen molar-refractivity contribution in [3.05, 3.63) is 92.4 Å². The van der Waals surface area contributed by atoms with E-state index in [0.29, 0.717) is 24.5 Å². The first-order valence-electron chi connectivity index (χ1n) is 9.79. The lowest BCUT2D eigenvalue weighted by Gasteiger charge is -2.11. The highest BCUT2D eigenvalue weighted by molar-refractivity contribution is 9.11. The Morgan fingerprint density at radius 2 is 1.68 bits per heavy atom. The first kappa shape index (κ1) is 23.0. The highest BCUT2D eigenvalue weighted by atomic mass is 79.9. The molecule has 0 bridgehead atoms. The van der Waals surface area contributed by atoms with Gasteiger partial charge in [-0.15, -0.1) is 0 Å². The second-order valence-electron chi connectivity index (χ2n) is 6.66. The number of nitrogens with one attached hydrogen (secondary N) is 1. The molecule has 0 unspecified atom stereocenters. The lowest BCUT2D eigenvalue weighted by molar-refractivity contribution is 0.0955. The summed E-state index contributed by atoms with van der Waals surface area (Å²) in [5.74, 6) is 1.15. The van der Waals surface area contributed by atoms with Gasteiger partial charge >= 0.3 is 0 Å². The summed E-state index contributed by atoms with van der Waals surface area (Å²) in [4.78, 5) is 12.3. The molecule has 3 aromatic rings. The summed E-state index contributed by atoms with van der Waals surface area (Å²) in [5.41, 5.74) is 4.93. The van der Waals surface area contributed by atoms with Crippen LogP contribution in [0.2, 0.25) is 0 Å². The van der Waals surface area contributed by atoms with Crippen LogP contribution in [-0.4, -0.2) is 18.7 Å². The van der Waals surface area contributed by atoms with Gasteiger partial charge in [0.15, 0.2) is 0 Å². The molecule has 1 amide bonds. The summed E-state index contributed by atoms with van der Waals surface area (Å²) in [6.45, 7) is 3.16. The Bertz CT molecular complexity index is 1020. The molecule has 3 rings (SSSR count). The quantitative estimate of drug-likeness (QED) is 0.252. The number of carbonyl (C=O) groups is 1. The normalized spacial score (nSPS) is 10.8. The largest absolute Gasteiger partial charge is 0.494 e. The number of benzene rings is 3. The van der Waals surface area contributed by atoms with Gasteiger partial charge in [-0.1, -0.05) is 37.3 Å². The molecule has 0 aliphatic rings. The monoisotopic (exact) mass is 544 g/mol. The molecule has 31 heavy (non-hydrogen) atoms. The molecule has 0 heterocycles. The average molecular weight is 546 g/mol. The van der Waals surface area contributed by atoms with E-state index in [-0.39, 0.29) is 5.91 Å². The van der Waals surface area contributed by atoms with Crippen molar-refractivity contribution in [3.8, 4) is 11.5 Å². The molecule has 1 N–H and O–H groups in total. The molecule has 5 nitrogen and oxygen atoms in total. The molecule has 3 aromatic carbocycles. The third-order valence-corrected chi connectivity index (χ3v) is 5.39. The Labute approximate surface area is 198 Å². The van der Waals surface area contributed by atoms with Gasteiger partial charge in [0.05, 0.1) is 21.8 Å².